The van der Waals surface area contributed by atoms with Crippen LogP contribution >= 0.6 is 0 Å². The third-order valence-corrected chi connectivity index (χ3v) is 10.5. The van der Waals surface area contributed by atoms with E-state index < -0.39 is 0 Å². The van der Waals surface area contributed by atoms with Crippen LogP contribution in [0.5, 0.6) is 0 Å². The summed E-state index contributed by atoms with van der Waals surface area (Å²) in [6.07, 6.45) is 11.9. The van der Waals surface area contributed by atoms with Gasteiger partial charge in [-0.1, -0.05) is 75.2 Å². The monoisotopic (exact) mass is 604 g/mol. The van der Waals surface area contributed by atoms with E-state index in [0.717, 1.165) is 39.1 Å². The minimum Gasteiger partial charge on any atom is -0.368 e. The van der Waals surface area contributed by atoms with Crippen molar-refractivity contribution in [2.24, 2.45) is 0 Å². The van der Waals surface area contributed by atoms with E-state index in [0.29, 0.717) is 12.1 Å². The second-order valence-electron chi connectivity index (χ2n) is 15.2. The van der Waals surface area contributed by atoms with Gasteiger partial charge in [-0.05, 0) is 89.8 Å². The van der Waals surface area contributed by atoms with Gasteiger partial charge in [-0.3, -0.25) is 0 Å². The standard InChI is InChI=1S/C41H54N3O/c1-27(2)43-35-17-11-29(5)25-33(35)40(7,8)37(43)19-15-31-13-14-32(39(31)42-21-23-45-24-22-42)16-20-38-41(9,10)34-26-30(6)12-18-36(34)44(38)28(3)4/h11-12,15-20,25-28H,13-14,21-24H2,1-10H3/q+1. The summed E-state index contributed by atoms with van der Waals surface area (Å²) in [5, 5.41) is 0. The zero-order valence-corrected chi connectivity index (χ0v) is 29.4. The van der Waals surface area contributed by atoms with Gasteiger partial charge in [-0.25, -0.2) is 4.58 Å². The summed E-state index contributed by atoms with van der Waals surface area (Å²) >= 11 is 0. The van der Waals surface area contributed by atoms with Crippen molar-refractivity contribution >= 4 is 17.1 Å². The highest BCUT2D eigenvalue weighted by molar-refractivity contribution is 6.12. The number of fused-ring (bicyclic) bond motifs is 2. The van der Waals surface area contributed by atoms with Crippen molar-refractivity contribution in [3.05, 3.63) is 105 Å². The van der Waals surface area contributed by atoms with Crippen LogP contribution in [-0.4, -0.2) is 48.7 Å². The number of allylic oxidation sites excluding steroid dienone is 8. The molecule has 0 unspecified atom stereocenters. The first-order valence-corrected chi connectivity index (χ1v) is 17.2. The molecule has 3 aliphatic heterocycles. The van der Waals surface area contributed by atoms with Gasteiger partial charge >= 0.3 is 0 Å². The van der Waals surface area contributed by atoms with Crippen molar-refractivity contribution in [3.8, 4) is 0 Å². The lowest BCUT2D eigenvalue weighted by molar-refractivity contribution is -0.548. The van der Waals surface area contributed by atoms with Crippen LogP contribution in [-0.2, 0) is 15.6 Å². The topological polar surface area (TPSA) is 18.7 Å². The summed E-state index contributed by atoms with van der Waals surface area (Å²) in [5.41, 5.74) is 15.2. The van der Waals surface area contributed by atoms with Gasteiger partial charge in [0.05, 0.1) is 0 Å². The lowest BCUT2D eigenvalue weighted by Gasteiger charge is -2.30. The number of nitrogens with zero attached hydrogens (tertiary/aromatic N) is 3. The van der Waals surface area contributed by atoms with Crippen molar-refractivity contribution < 1.29 is 9.31 Å². The van der Waals surface area contributed by atoms with Gasteiger partial charge in [0, 0.05) is 56.8 Å². The normalized spacial score (nSPS) is 24.4. The maximum atomic E-state index is 5.81. The Kier molecular flexibility index (Phi) is 8.27. The molecule has 3 heterocycles. The van der Waals surface area contributed by atoms with E-state index in [2.05, 4.69) is 144 Å². The summed E-state index contributed by atoms with van der Waals surface area (Å²) in [6, 6.07) is 14.7. The molecular formula is C41H54N3O+. The molecule has 4 aliphatic rings. The molecule has 0 bridgehead atoms. The minimum absolute atomic E-state index is 0.0504. The highest BCUT2D eigenvalue weighted by Gasteiger charge is 2.42. The highest BCUT2D eigenvalue weighted by atomic mass is 16.5. The van der Waals surface area contributed by atoms with Crippen molar-refractivity contribution in [1.29, 1.82) is 0 Å². The Bertz CT molecular complexity index is 1540. The number of morpholine rings is 1. The van der Waals surface area contributed by atoms with Crippen molar-refractivity contribution in [1.82, 2.24) is 0 Å². The lowest BCUT2D eigenvalue weighted by atomic mass is 9.83. The van der Waals surface area contributed by atoms with Gasteiger partial charge in [-0.15, -0.1) is 0 Å². The minimum atomic E-state index is -0.0504. The number of hydrogen-bond acceptors (Lipinski definition) is 3. The second-order valence-corrected chi connectivity index (χ2v) is 15.2. The molecular weight excluding hydrogens is 550 g/mol. The molecule has 1 saturated carbocycles. The molecule has 2 aromatic rings. The van der Waals surface area contributed by atoms with Crippen LogP contribution in [0.2, 0.25) is 0 Å². The fourth-order valence-electron chi connectivity index (χ4n) is 8.14. The van der Waals surface area contributed by atoms with E-state index >= 15 is 0 Å². The molecule has 2 fully saturated rings. The molecule has 0 N–H and O–H groups in total. The average Bonchev–Trinajstić information content (AvgIpc) is 3.56. The van der Waals surface area contributed by atoms with Crippen molar-refractivity contribution in [2.45, 2.75) is 105 Å². The quantitative estimate of drug-likeness (QED) is 0.325. The summed E-state index contributed by atoms with van der Waals surface area (Å²) in [5.74, 6) is 0. The maximum absolute atomic E-state index is 5.81. The SMILES string of the molecule is Cc1ccc2c(c1)C(C)(C)C(=CC=C1CC/C(=C\C=C3\N(C(C)C)c4ccc(C)cc4C3(C)C)C1=[N+]1CCOCC1)N2C(C)C. The Morgan fingerprint density at radius 2 is 1.09 bits per heavy atom. The van der Waals surface area contributed by atoms with Gasteiger partial charge < -0.3 is 14.5 Å². The van der Waals surface area contributed by atoms with E-state index in [4.69, 9.17) is 4.74 Å². The Hall–Kier alpha value is -3.37. The molecule has 238 valence electrons. The van der Waals surface area contributed by atoms with E-state index in [1.807, 2.05) is 0 Å². The molecule has 45 heavy (non-hydrogen) atoms. The Labute approximate surface area is 272 Å². The molecule has 2 aromatic carbocycles. The van der Waals surface area contributed by atoms with E-state index in [1.54, 1.807) is 0 Å². The number of aryl methyl sites for hydroxylation is 2. The third-order valence-electron chi connectivity index (χ3n) is 10.5. The molecule has 0 aromatic heterocycles. The number of anilines is 2. The van der Waals surface area contributed by atoms with Crippen LogP contribution < -0.4 is 9.80 Å². The first-order valence-electron chi connectivity index (χ1n) is 17.2. The molecule has 0 spiro atoms. The van der Waals surface area contributed by atoms with Gasteiger partial charge in [0.1, 0.15) is 13.2 Å². The number of ether oxygens (including phenoxy) is 1. The zero-order chi connectivity index (χ0) is 32.3. The fraction of sp³-hybridized carbons (Fsp3) is 0.488. The predicted octanol–water partition coefficient (Wildman–Crippen LogP) is 8.91. The van der Waals surface area contributed by atoms with Gasteiger partial charge in [-0.2, -0.15) is 0 Å². The fourth-order valence-corrected chi connectivity index (χ4v) is 8.14. The Morgan fingerprint density at radius 3 is 1.49 bits per heavy atom. The largest absolute Gasteiger partial charge is 0.368 e. The number of rotatable bonds is 4. The first-order chi connectivity index (χ1) is 21.3. The van der Waals surface area contributed by atoms with Crippen LogP contribution in [0.3, 0.4) is 0 Å². The number of hydrogen-bond donors (Lipinski definition) is 0. The molecule has 1 saturated heterocycles. The second kappa shape index (κ2) is 11.8. The van der Waals surface area contributed by atoms with E-state index in [1.165, 1.54) is 61.9 Å². The molecule has 1 aliphatic carbocycles. The molecule has 4 nitrogen and oxygen atoms in total. The molecule has 6 rings (SSSR count). The molecule has 4 heteroatoms. The Balaban J connectivity index is 1.43. The average molecular weight is 605 g/mol. The summed E-state index contributed by atoms with van der Waals surface area (Å²) in [6.45, 7) is 26.7. The van der Waals surface area contributed by atoms with Crippen LogP contribution in [0.1, 0.15) is 90.5 Å². The van der Waals surface area contributed by atoms with Gasteiger partial charge in [0.15, 0.2) is 13.1 Å². The van der Waals surface area contributed by atoms with Crippen molar-refractivity contribution in [2.75, 3.05) is 36.1 Å². The van der Waals surface area contributed by atoms with Gasteiger partial charge in [0.2, 0.25) is 5.71 Å². The van der Waals surface area contributed by atoms with Gasteiger partial charge in [0.25, 0.3) is 0 Å². The maximum Gasteiger partial charge on any atom is 0.206 e. The van der Waals surface area contributed by atoms with Crippen molar-refractivity contribution in [3.63, 3.8) is 0 Å². The molecule has 0 amide bonds. The predicted molar refractivity (Wildman–Crippen MR) is 191 cm³/mol. The first kappa shape index (κ1) is 31.6. The smallest absolute Gasteiger partial charge is 0.206 e. The summed E-state index contributed by atoms with van der Waals surface area (Å²) < 4.78 is 8.39. The van der Waals surface area contributed by atoms with Crippen LogP contribution in [0.25, 0.3) is 0 Å². The molecule has 0 atom stereocenters. The van der Waals surface area contributed by atoms with E-state index in [9.17, 15) is 0 Å². The van der Waals surface area contributed by atoms with Crippen LogP contribution in [0, 0.1) is 13.8 Å². The summed E-state index contributed by atoms with van der Waals surface area (Å²) in [4.78, 5) is 5.11. The highest BCUT2D eigenvalue weighted by Crippen LogP contribution is 2.50. The van der Waals surface area contributed by atoms with E-state index in [-0.39, 0.29) is 10.8 Å². The van der Waals surface area contributed by atoms with Crippen LogP contribution in [0.4, 0.5) is 11.4 Å². The number of benzene rings is 2. The Morgan fingerprint density at radius 1 is 0.667 bits per heavy atom. The molecule has 0 radical (unpaired) electrons. The zero-order valence-electron chi connectivity index (χ0n) is 29.4. The summed E-state index contributed by atoms with van der Waals surface area (Å²) in [7, 11) is 0. The van der Waals surface area contributed by atoms with Crippen LogP contribution in [0.15, 0.2) is 83.2 Å². The lowest BCUT2D eigenvalue weighted by Crippen LogP contribution is -2.34. The third kappa shape index (κ3) is 5.43.